The third-order valence-corrected chi connectivity index (χ3v) is 6.90. The number of hydrogen-bond donors (Lipinski definition) is 3. The Bertz CT molecular complexity index is 1890. The van der Waals surface area contributed by atoms with Gasteiger partial charge in [-0.3, -0.25) is 14.4 Å². The molecule has 40 heavy (non-hydrogen) atoms. The second-order valence-electron chi connectivity index (χ2n) is 9.59. The highest BCUT2D eigenvalue weighted by Gasteiger charge is 2.29. The van der Waals surface area contributed by atoms with Gasteiger partial charge in [0.05, 0.1) is 22.0 Å². The molecule has 1 saturated heterocycles. The highest BCUT2D eigenvalue weighted by molar-refractivity contribution is 6.13. The molecule has 0 bridgehead atoms. The van der Waals surface area contributed by atoms with Gasteiger partial charge in [-0.05, 0) is 54.8 Å². The van der Waals surface area contributed by atoms with E-state index in [0.717, 1.165) is 6.07 Å². The third-order valence-electron chi connectivity index (χ3n) is 6.90. The number of amides is 2. The van der Waals surface area contributed by atoms with Gasteiger partial charge in [-0.25, -0.2) is 9.37 Å². The number of aryl methyl sites for hydroxylation is 1. The molecule has 0 spiro atoms. The van der Waals surface area contributed by atoms with E-state index >= 15 is 0 Å². The van der Waals surface area contributed by atoms with Gasteiger partial charge in [0.2, 0.25) is 11.6 Å². The molecule has 0 saturated carbocycles. The summed E-state index contributed by atoms with van der Waals surface area (Å²) in [6.45, 7) is 0.445. The number of halogens is 4. The molecule has 3 aromatic heterocycles. The number of rotatable bonds is 5. The van der Waals surface area contributed by atoms with Gasteiger partial charge in [-0.1, -0.05) is 12.1 Å². The molecule has 2 amide bonds. The highest BCUT2D eigenvalue weighted by atomic mass is 19.4. The summed E-state index contributed by atoms with van der Waals surface area (Å²) in [4.78, 5) is 44.7. The monoisotopic (exact) mass is 552 g/mol. The van der Waals surface area contributed by atoms with Gasteiger partial charge in [-0.15, -0.1) is 0 Å². The molecule has 0 radical (unpaired) electrons. The zero-order chi connectivity index (χ0) is 28.2. The van der Waals surface area contributed by atoms with Crippen molar-refractivity contribution < 1.29 is 31.6 Å². The number of nitrogens with one attached hydrogen (secondary N) is 3. The summed E-state index contributed by atoms with van der Waals surface area (Å²) in [5.41, 5.74) is 0.636. The molecule has 8 nitrogen and oxygen atoms in total. The van der Waals surface area contributed by atoms with E-state index in [1.807, 2.05) is 0 Å². The molecule has 3 N–H and O–H groups in total. The molecule has 1 atom stereocenters. The summed E-state index contributed by atoms with van der Waals surface area (Å²) in [5, 5.41) is 6.07. The van der Waals surface area contributed by atoms with Crippen molar-refractivity contribution >= 4 is 44.8 Å². The fourth-order valence-electron chi connectivity index (χ4n) is 4.98. The zero-order valence-corrected chi connectivity index (χ0v) is 20.6. The Kier molecular flexibility index (Phi) is 6.05. The number of carbonyl (C=O) groups excluding carboxylic acids is 2. The Hall–Kier alpha value is -4.74. The van der Waals surface area contributed by atoms with Gasteiger partial charge in [0.15, 0.2) is 5.58 Å². The summed E-state index contributed by atoms with van der Waals surface area (Å²) < 4.78 is 59.2. The third kappa shape index (κ3) is 4.65. The molecule has 1 fully saturated rings. The van der Waals surface area contributed by atoms with Crippen LogP contribution < -0.4 is 16.2 Å². The zero-order valence-electron chi connectivity index (χ0n) is 20.6. The summed E-state index contributed by atoms with van der Waals surface area (Å²) in [7, 11) is 0. The van der Waals surface area contributed by atoms with Crippen molar-refractivity contribution in [1.82, 2.24) is 20.6 Å². The Labute approximate surface area is 222 Å². The van der Waals surface area contributed by atoms with Gasteiger partial charge in [-0.2, -0.15) is 13.2 Å². The Balaban J connectivity index is 1.51. The quantitative estimate of drug-likeness (QED) is 0.272. The van der Waals surface area contributed by atoms with Crippen LogP contribution in [0.4, 0.5) is 17.6 Å². The second kappa shape index (κ2) is 9.47. The summed E-state index contributed by atoms with van der Waals surface area (Å²) >= 11 is 0. The standard InChI is InChI=1S/C28H20F4N4O4/c29-15-4-5-16-21(11-15)35-26(39)22-18-12-17(19(6-8-28(30,31)32)36-27(18)40-23(16)22)13-2-1-3-14(10-13)24(37)34-20-7-9-33-25(20)38/h1-5,10-12,20H,6-9H2,(H,33,38)(H,34,37)(H,35,39). The van der Waals surface area contributed by atoms with Crippen LogP contribution in [0.1, 0.15) is 28.9 Å². The number of furan rings is 1. The summed E-state index contributed by atoms with van der Waals surface area (Å²) in [5.74, 6) is -1.37. The van der Waals surface area contributed by atoms with Gasteiger partial charge in [0, 0.05) is 29.5 Å². The first kappa shape index (κ1) is 25.5. The number of aromatic nitrogens is 2. The van der Waals surface area contributed by atoms with E-state index in [9.17, 15) is 31.9 Å². The largest absolute Gasteiger partial charge is 0.437 e. The number of benzene rings is 2. The van der Waals surface area contributed by atoms with E-state index in [4.69, 9.17) is 4.42 Å². The van der Waals surface area contributed by atoms with E-state index in [1.54, 1.807) is 12.1 Å². The predicted molar refractivity (Wildman–Crippen MR) is 138 cm³/mol. The number of nitrogens with zero attached hydrogens (tertiary/aromatic N) is 1. The van der Waals surface area contributed by atoms with Crippen molar-refractivity contribution in [1.29, 1.82) is 0 Å². The van der Waals surface area contributed by atoms with Gasteiger partial charge in [0.25, 0.3) is 11.5 Å². The van der Waals surface area contributed by atoms with Gasteiger partial charge >= 0.3 is 6.18 Å². The van der Waals surface area contributed by atoms with Crippen LogP contribution in [0, 0.1) is 5.82 Å². The van der Waals surface area contributed by atoms with E-state index < -0.39 is 42.3 Å². The van der Waals surface area contributed by atoms with Crippen LogP contribution in [0.15, 0.2) is 57.7 Å². The Morgan fingerprint density at radius 1 is 1.10 bits per heavy atom. The maximum absolute atomic E-state index is 13.8. The van der Waals surface area contributed by atoms with Crippen LogP contribution in [-0.2, 0) is 11.2 Å². The molecular weight excluding hydrogens is 532 g/mol. The summed E-state index contributed by atoms with van der Waals surface area (Å²) in [6, 6.07) is 10.8. The first-order valence-electron chi connectivity index (χ1n) is 12.4. The average Bonchev–Trinajstić information content (AvgIpc) is 3.49. The second-order valence-corrected chi connectivity index (χ2v) is 9.59. The lowest BCUT2D eigenvalue weighted by Crippen LogP contribution is -2.40. The van der Waals surface area contributed by atoms with E-state index in [-0.39, 0.29) is 50.3 Å². The fourth-order valence-corrected chi connectivity index (χ4v) is 4.98. The molecule has 1 unspecified atom stereocenters. The van der Waals surface area contributed by atoms with E-state index in [2.05, 4.69) is 20.6 Å². The van der Waals surface area contributed by atoms with Crippen molar-refractivity contribution in [2.45, 2.75) is 31.5 Å². The molecule has 1 aliphatic heterocycles. The molecule has 1 aliphatic rings. The first-order chi connectivity index (χ1) is 19.1. The number of alkyl halides is 3. The van der Waals surface area contributed by atoms with Crippen molar-refractivity contribution in [3.8, 4) is 11.1 Å². The summed E-state index contributed by atoms with van der Waals surface area (Å²) in [6.07, 6.45) is -5.65. The van der Waals surface area contributed by atoms with Gasteiger partial charge < -0.3 is 20.0 Å². The minimum Gasteiger partial charge on any atom is -0.437 e. The average molecular weight is 552 g/mol. The number of carbonyl (C=O) groups is 2. The normalized spacial score (nSPS) is 15.7. The van der Waals surface area contributed by atoms with Crippen molar-refractivity contribution in [3.63, 3.8) is 0 Å². The van der Waals surface area contributed by atoms with Crippen LogP contribution in [0.2, 0.25) is 0 Å². The van der Waals surface area contributed by atoms with Crippen molar-refractivity contribution in [2.75, 3.05) is 6.54 Å². The van der Waals surface area contributed by atoms with Crippen molar-refractivity contribution in [3.05, 3.63) is 76.0 Å². The molecule has 4 heterocycles. The number of fused-ring (bicyclic) bond motifs is 5. The minimum absolute atomic E-state index is 0.0422. The topological polar surface area (TPSA) is 117 Å². The Morgan fingerprint density at radius 2 is 1.93 bits per heavy atom. The number of pyridine rings is 2. The lowest BCUT2D eigenvalue weighted by Gasteiger charge is -2.13. The number of aromatic amines is 1. The van der Waals surface area contributed by atoms with Crippen molar-refractivity contribution in [2.24, 2.45) is 0 Å². The maximum Gasteiger partial charge on any atom is 0.389 e. The fraction of sp³-hybridized carbons (Fsp3) is 0.214. The van der Waals surface area contributed by atoms with Gasteiger partial charge in [0.1, 0.15) is 11.9 Å². The first-order valence-corrected chi connectivity index (χ1v) is 12.4. The number of H-pyrrole nitrogens is 1. The molecule has 0 aliphatic carbocycles. The molecule has 12 heteroatoms. The molecule has 204 valence electrons. The van der Waals surface area contributed by atoms with Crippen LogP contribution in [0.25, 0.3) is 44.1 Å². The highest BCUT2D eigenvalue weighted by Crippen LogP contribution is 2.36. The van der Waals surface area contributed by atoms with Crippen LogP contribution in [0.3, 0.4) is 0 Å². The maximum atomic E-state index is 13.8. The van der Waals surface area contributed by atoms with Crippen LogP contribution in [0.5, 0.6) is 0 Å². The van der Waals surface area contributed by atoms with Crippen LogP contribution >= 0.6 is 0 Å². The Morgan fingerprint density at radius 3 is 2.67 bits per heavy atom. The lowest BCUT2D eigenvalue weighted by molar-refractivity contribution is -0.134. The molecule has 2 aromatic carbocycles. The van der Waals surface area contributed by atoms with E-state index in [0.29, 0.717) is 23.9 Å². The molecular formula is C28H20F4N4O4. The van der Waals surface area contributed by atoms with E-state index in [1.165, 1.54) is 30.3 Å². The van der Waals surface area contributed by atoms with Crippen LogP contribution in [-0.4, -0.2) is 40.5 Å². The molecule has 6 rings (SSSR count). The lowest BCUT2D eigenvalue weighted by atomic mass is 9.97. The molecule has 5 aromatic rings. The predicted octanol–water partition coefficient (Wildman–Crippen LogP) is 4.74. The minimum atomic E-state index is -4.46. The number of hydrogen-bond acceptors (Lipinski definition) is 5. The smallest absolute Gasteiger partial charge is 0.389 e. The SMILES string of the molecule is O=C(NC1CCNC1=O)c1cccc(-c2cc3c(nc2CCC(F)(F)F)oc2c4ccc(F)cc4[nH]c(=O)c32)c1.